The van der Waals surface area contributed by atoms with Crippen molar-refractivity contribution in [1.29, 1.82) is 0 Å². The van der Waals surface area contributed by atoms with Crippen LogP contribution in [0.2, 0.25) is 0 Å². The van der Waals surface area contributed by atoms with Crippen molar-refractivity contribution in [2.24, 2.45) is 0 Å². The van der Waals surface area contributed by atoms with Gasteiger partial charge in [0.25, 0.3) is 0 Å². The van der Waals surface area contributed by atoms with Gasteiger partial charge in [-0.25, -0.2) is 4.98 Å². The van der Waals surface area contributed by atoms with E-state index in [-0.39, 0.29) is 0 Å². The first kappa shape index (κ1) is 19.1. The second kappa shape index (κ2) is 6.42. The molecule has 31 heavy (non-hydrogen) atoms. The molecule has 1 aliphatic rings. The van der Waals surface area contributed by atoms with Crippen LogP contribution < -0.4 is 5.46 Å². The fourth-order valence-corrected chi connectivity index (χ4v) is 5.13. The molecule has 6 heteroatoms. The van der Waals surface area contributed by atoms with E-state index in [0.717, 1.165) is 48.2 Å². The Morgan fingerprint density at radius 2 is 1.58 bits per heavy atom. The van der Waals surface area contributed by atoms with E-state index in [4.69, 9.17) is 18.7 Å². The molecule has 5 aromatic rings. The van der Waals surface area contributed by atoms with E-state index in [1.807, 2.05) is 30.3 Å². The summed E-state index contributed by atoms with van der Waals surface area (Å²) < 4.78 is 20.1. The zero-order valence-electron chi connectivity index (χ0n) is 17.9. The highest BCUT2D eigenvalue weighted by Gasteiger charge is 2.52. The topological polar surface area (TPSA) is 44.5 Å². The second-order valence-corrected chi connectivity index (χ2v) is 10.1. The summed E-state index contributed by atoms with van der Waals surface area (Å²) in [5, 5.41) is 3.09. The fraction of sp³-hybridized carbons (Fsp3) is 0.240. The monoisotopic (exact) mass is 427 g/mol. The van der Waals surface area contributed by atoms with Crippen LogP contribution in [0.25, 0.3) is 42.7 Å². The molecule has 0 unspecified atom stereocenters. The highest BCUT2D eigenvalue weighted by molar-refractivity contribution is 7.21. The Hall–Kier alpha value is -2.67. The summed E-state index contributed by atoms with van der Waals surface area (Å²) >= 11 is 1.68. The SMILES string of the molecule is CC1(C)OB(c2cccc3oc4cc5sc(-c6ccccc6)nc5cc4c23)OC1(C)C. The van der Waals surface area contributed by atoms with Gasteiger partial charge in [-0.3, -0.25) is 0 Å². The molecular weight excluding hydrogens is 405 g/mol. The number of rotatable bonds is 2. The van der Waals surface area contributed by atoms with Crippen LogP contribution in [0, 0.1) is 0 Å². The van der Waals surface area contributed by atoms with E-state index in [9.17, 15) is 0 Å². The molecule has 1 saturated heterocycles. The maximum absolute atomic E-state index is 6.35. The highest BCUT2D eigenvalue weighted by Crippen LogP contribution is 2.39. The first-order valence-electron chi connectivity index (χ1n) is 10.5. The van der Waals surface area contributed by atoms with Crippen LogP contribution in [0.15, 0.2) is 65.1 Å². The van der Waals surface area contributed by atoms with Gasteiger partial charge in [0.2, 0.25) is 0 Å². The van der Waals surface area contributed by atoms with Crippen molar-refractivity contribution in [1.82, 2.24) is 4.98 Å². The molecule has 0 bridgehead atoms. The van der Waals surface area contributed by atoms with E-state index >= 15 is 0 Å². The van der Waals surface area contributed by atoms with Gasteiger partial charge in [-0.15, -0.1) is 11.3 Å². The molecule has 0 amide bonds. The minimum Gasteiger partial charge on any atom is -0.456 e. The standard InChI is InChI=1S/C25H22BNO3S/c1-24(2)25(3,4)30-26(29-24)17-11-8-12-19-22(17)16-13-18-21(14-20(16)28-19)31-23(27-18)15-9-6-5-7-10-15/h5-14H,1-4H3. The number of thiazole rings is 1. The maximum atomic E-state index is 6.35. The van der Waals surface area contributed by atoms with Crippen molar-refractivity contribution in [3.8, 4) is 10.6 Å². The lowest BCUT2D eigenvalue weighted by molar-refractivity contribution is 0.00578. The van der Waals surface area contributed by atoms with E-state index in [0.29, 0.717) is 0 Å². The van der Waals surface area contributed by atoms with Crippen molar-refractivity contribution in [2.45, 2.75) is 38.9 Å². The third-order valence-electron chi connectivity index (χ3n) is 6.57. The summed E-state index contributed by atoms with van der Waals surface area (Å²) in [6, 6.07) is 20.6. The molecule has 6 rings (SSSR count). The molecule has 4 nitrogen and oxygen atoms in total. The van der Waals surface area contributed by atoms with Crippen molar-refractivity contribution >= 4 is 56.1 Å². The number of benzene rings is 3. The molecule has 0 spiro atoms. The third kappa shape index (κ3) is 2.86. The Labute approximate surface area is 184 Å². The largest absolute Gasteiger partial charge is 0.495 e. The van der Waals surface area contributed by atoms with Crippen LogP contribution in [-0.2, 0) is 9.31 Å². The first-order valence-corrected chi connectivity index (χ1v) is 11.3. The van der Waals surface area contributed by atoms with Crippen molar-refractivity contribution in [2.75, 3.05) is 0 Å². The number of fused-ring (bicyclic) bond motifs is 4. The predicted molar refractivity (Wildman–Crippen MR) is 128 cm³/mol. The molecule has 3 heterocycles. The van der Waals surface area contributed by atoms with Crippen LogP contribution >= 0.6 is 11.3 Å². The van der Waals surface area contributed by atoms with Gasteiger partial charge in [0.15, 0.2) is 0 Å². The second-order valence-electron chi connectivity index (χ2n) is 9.11. The molecule has 0 N–H and O–H groups in total. The van der Waals surface area contributed by atoms with Gasteiger partial charge in [-0.1, -0.05) is 42.5 Å². The van der Waals surface area contributed by atoms with Gasteiger partial charge in [-0.2, -0.15) is 0 Å². The molecule has 0 aliphatic carbocycles. The van der Waals surface area contributed by atoms with E-state index in [1.54, 1.807) is 11.3 Å². The van der Waals surface area contributed by atoms with Gasteiger partial charge < -0.3 is 13.7 Å². The summed E-state index contributed by atoms with van der Waals surface area (Å²) in [4.78, 5) is 4.91. The van der Waals surface area contributed by atoms with Crippen LogP contribution in [0.1, 0.15) is 27.7 Å². The maximum Gasteiger partial charge on any atom is 0.495 e. The van der Waals surface area contributed by atoms with Crippen molar-refractivity contribution < 1.29 is 13.7 Å². The quantitative estimate of drug-likeness (QED) is 0.317. The van der Waals surface area contributed by atoms with Crippen LogP contribution in [0.5, 0.6) is 0 Å². The zero-order valence-corrected chi connectivity index (χ0v) is 18.7. The zero-order chi connectivity index (χ0) is 21.4. The number of hydrogen-bond acceptors (Lipinski definition) is 5. The average Bonchev–Trinajstić information content (AvgIpc) is 3.37. The van der Waals surface area contributed by atoms with Gasteiger partial charge in [-0.05, 0) is 45.3 Å². The molecular formula is C25H22BNO3S. The summed E-state index contributed by atoms with van der Waals surface area (Å²) in [6.45, 7) is 8.30. The Bertz CT molecular complexity index is 1440. The number of hydrogen-bond donors (Lipinski definition) is 0. The summed E-state index contributed by atoms with van der Waals surface area (Å²) in [6.07, 6.45) is 0. The Morgan fingerprint density at radius 3 is 2.32 bits per heavy atom. The normalized spacial score (nSPS) is 17.9. The Balaban J connectivity index is 1.54. The van der Waals surface area contributed by atoms with Crippen LogP contribution in [0.3, 0.4) is 0 Å². The fourth-order valence-electron chi connectivity index (χ4n) is 4.15. The molecule has 0 atom stereocenters. The Morgan fingerprint density at radius 1 is 0.839 bits per heavy atom. The van der Waals surface area contributed by atoms with Gasteiger partial charge in [0.1, 0.15) is 16.2 Å². The molecule has 2 aromatic heterocycles. The Kier molecular flexibility index (Phi) is 3.95. The number of nitrogens with zero attached hydrogens (tertiary/aromatic N) is 1. The molecule has 0 saturated carbocycles. The lowest BCUT2D eigenvalue weighted by Gasteiger charge is -2.32. The first-order chi connectivity index (χ1) is 14.8. The minimum atomic E-state index is -0.444. The molecule has 0 radical (unpaired) electrons. The van der Waals surface area contributed by atoms with Crippen LogP contribution in [0.4, 0.5) is 0 Å². The molecule has 154 valence electrons. The predicted octanol–water partition coefficient (Wildman–Crippen LogP) is 6.16. The van der Waals surface area contributed by atoms with E-state index in [2.05, 4.69) is 58.0 Å². The number of aromatic nitrogens is 1. The summed E-state index contributed by atoms with van der Waals surface area (Å²) in [5.41, 5.74) is 4.00. The third-order valence-corrected chi connectivity index (χ3v) is 7.63. The van der Waals surface area contributed by atoms with Gasteiger partial charge in [0.05, 0.1) is 21.4 Å². The highest BCUT2D eigenvalue weighted by atomic mass is 32.1. The minimum absolute atomic E-state index is 0.397. The summed E-state index contributed by atoms with van der Waals surface area (Å²) in [7, 11) is -0.444. The smallest absolute Gasteiger partial charge is 0.456 e. The van der Waals surface area contributed by atoms with Crippen LogP contribution in [-0.4, -0.2) is 23.3 Å². The molecule has 1 aliphatic heterocycles. The van der Waals surface area contributed by atoms with Crippen molar-refractivity contribution in [3.05, 3.63) is 60.7 Å². The summed E-state index contributed by atoms with van der Waals surface area (Å²) in [5.74, 6) is 0. The van der Waals surface area contributed by atoms with E-state index in [1.165, 1.54) is 0 Å². The molecule has 3 aromatic carbocycles. The lowest BCUT2D eigenvalue weighted by atomic mass is 9.76. The van der Waals surface area contributed by atoms with E-state index < -0.39 is 18.3 Å². The molecule has 1 fully saturated rings. The average molecular weight is 427 g/mol. The lowest BCUT2D eigenvalue weighted by Crippen LogP contribution is -2.41. The van der Waals surface area contributed by atoms with Gasteiger partial charge in [0, 0.05) is 22.4 Å². The number of furan rings is 1. The van der Waals surface area contributed by atoms with Crippen molar-refractivity contribution in [3.63, 3.8) is 0 Å². The van der Waals surface area contributed by atoms with Gasteiger partial charge >= 0.3 is 7.12 Å².